The van der Waals surface area contributed by atoms with E-state index in [1.165, 1.54) is 0 Å². The Morgan fingerprint density at radius 1 is 0.793 bits per heavy atom. The van der Waals surface area contributed by atoms with Gasteiger partial charge in [-0.15, -0.1) is 0 Å². The van der Waals surface area contributed by atoms with Crippen LogP contribution in [0.5, 0.6) is 5.75 Å². The molecule has 0 bridgehead atoms. The first-order valence-electron chi connectivity index (χ1n) is 9.61. The van der Waals surface area contributed by atoms with Gasteiger partial charge in [0.05, 0.1) is 11.6 Å². The van der Waals surface area contributed by atoms with Gasteiger partial charge in [-0.2, -0.15) is 0 Å². The van der Waals surface area contributed by atoms with Crippen molar-refractivity contribution >= 4 is 22.6 Å². The smallest absolute Gasteiger partial charge is 0.205 e. The van der Waals surface area contributed by atoms with Crippen LogP contribution in [0.25, 0.3) is 16.3 Å². The Bertz CT molecular complexity index is 1210. The number of carbonyl (C=O) groups is 1. The van der Waals surface area contributed by atoms with Crippen molar-refractivity contribution in [3.05, 3.63) is 120 Å². The van der Waals surface area contributed by atoms with Crippen LogP contribution in [-0.2, 0) is 4.79 Å². The van der Waals surface area contributed by atoms with Crippen molar-refractivity contribution < 1.29 is 9.53 Å². The van der Waals surface area contributed by atoms with Gasteiger partial charge in [0.2, 0.25) is 5.88 Å². The first-order chi connectivity index (χ1) is 14.3. The molecule has 0 saturated heterocycles. The Morgan fingerprint density at radius 3 is 2.24 bits per heavy atom. The highest BCUT2D eigenvalue weighted by Gasteiger charge is 2.29. The number of nitrogens with one attached hydrogen (secondary N) is 1. The molecule has 3 heteroatoms. The molecule has 0 saturated carbocycles. The second-order valence-corrected chi connectivity index (χ2v) is 7.02. The van der Waals surface area contributed by atoms with Crippen LogP contribution in [0.3, 0.4) is 0 Å². The Labute approximate surface area is 169 Å². The van der Waals surface area contributed by atoms with Crippen molar-refractivity contribution in [3.63, 3.8) is 0 Å². The number of fused-ring (bicyclic) bond motifs is 3. The lowest BCUT2D eigenvalue weighted by Crippen LogP contribution is -2.31. The van der Waals surface area contributed by atoms with E-state index in [4.69, 9.17) is 4.74 Å². The first kappa shape index (κ1) is 17.3. The number of rotatable bonds is 3. The van der Waals surface area contributed by atoms with Crippen LogP contribution in [-0.4, -0.2) is 6.29 Å². The number of hydrogen-bond acceptors (Lipinski definition) is 3. The second-order valence-electron chi connectivity index (χ2n) is 7.02. The maximum absolute atomic E-state index is 12.0. The van der Waals surface area contributed by atoms with Crippen LogP contribution in [0.2, 0.25) is 0 Å². The lowest BCUT2D eigenvalue weighted by atomic mass is 9.91. The predicted octanol–water partition coefficient (Wildman–Crippen LogP) is 5.48. The van der Waals surface area contributed by atoms with E-state index in [2.05, 4.69) is 35.6 Å². The molecule has 4 aromatic rings. The summed E-state index contributed by atoms with van der Waals surface area (Å²) >= 11 is 0. The standard InChI is InChI=1S/C26H19NO2/c28-17-22(18-9-3-1-4-10-18)26-27-25(20-12-5-2-6-13-20)24-21-14-8-7-11-19(21)15-16-23(24)29-26/h1-17,25,27H/b26-22+. The van der Waals surface area contributed by atoms with Crippen LogP contribution >= 0.6 is 0 Å². The minimum Gasteiger partial charge on any atom is -0.440 e. The van der Waals surface area contributed by atoms with E-state index in [0.717, 1.165) is 39.5 Å². The molecule has 0 spiro atoms. The van der Waals surface area contributed by atoms with E-state index < -0.39 is 0 Å². The molecule has 29 heavy (non-hydrogen) atoms. The zero-order chi connectivity index (χ0) is 19.6. The number of benzene rings is 4. The Morgan fingerprint density at radius 2 is 1.48 bits per heavy atom. The van der Waals surface area contributed by atoms with Crippen LogP contribution in [0.15, 0.2) is 103 Å². The van der Waals surface area contributed by atoms with Crippen molar-refractivity contribution in [2.75, 3.05) is 0 Å². The Kier molecular flexibility index (Phi) is 4.34. The third-order valence-corrected chi connectivity index (χ3v) is 5.29. The summed E-state index contributed by atoms with van der Waals surface area (Å²) in [7, 11) is 0. The monoisotopic (exact) mass is 377 g/mol. The van der Waals surface area contributed by atoms with Gasteiger partial charge < -0.3 is 10.1 Å². The topological polar surface area (TPSA) is 38.3 Å². The SMILES string of the molecule is O=C/C(=C1/NC(c2ccccc2)c2c(ccc3ccccc23)O1)c1ccccc1. The molecule has 3 nitrogen and oxygen atoms in total. The molecule has 0 aliphatic carbocycles. The lowest BCUT2D eigenvalue weighted by Gasteiger charge is -2.32. The molecule has 5 rings (SSSR count). The molecule has 140 valence electrons. The molecular formula is C26H19NO2. The van der Waals surface area contributed by atoms with Crippen LogP contribution in [0.4, 0.5) is 0 Å². The number of aldehydes is 1. The largest absolute Gasteiger partial charge is 0.440 e. The second kappa shape index (κ2) is 7.28. The van der Waals surface area contributed by atoms with Crippen molar-refractivity contribution in [2.24, 2.45) is 0 Å². The van der Waals surface area contributed by atoms with Gasteiger partial charge in [0, 0.05) is 5.56 Å². The molecule has 0 fully saturated rings. The van der Waals surface area contributed by atoms with E-state index in [1.54, 1.807) is 0 Å². The Balaban J connectivity index is 1.75. The number of ether oxygens (including phenoxy) is 1. The maximum Gasteiger partial charge on any atom is 0.205 e. The van der Waals surface area contributed by atoms with Gasteiger partial charge in [0.15, 0.2) is 6.29 Å². The quantitative estimate of drug-likeness (QED) is 0.380. The molecule has 0 radical (unpaired) electrons. The molecule has 1 N–H and O–H groups in total. The normalized spacial score (nSPS) is 17.0. The van der Waals surface area contributed by atoms with E-state index >= 15 is 0 Å². The number of allylic oxidation sites excluding steroid dienone is 1. The molecule has 1 aliphatic rings. The van der Waals surface area contributed by atoms with Crippen molar-refractivity contribution in [2.45, 2.75) is 6.04 Å². The van der Waals surface area contributed by atoms with Gasteiger partial charge in [0.25, 0.3) is 0 Å². The first-order valence-corrected chi connectivity index (χ1v) is 9.61. The van der Waals surface area contributed by atoms with Gasteiger partial charge in [0.1, 0.15) is 5.75 Å². The summed E-state index contributed by atoms with van der Waals surface area (Å²) in [5, 5.41) is 5.79. The minimum absolute atomic E-state index is 0.125. The van der Waals surface area contributed by atoms with Crippen LogP contribution in [0.1, 0.15) is 22.7 Å². The van der Waals surface area contributed by atoms with Crippen LogP contribution < -0.4 is 10.1 Å². The summed E-state index contributed by atoms with van der Waals surface area (Å²) in [4.78, 5) is 12.0. The predicted molar refractivity (Wildman–Crippen MR) is 115 cm³/mol. The summed E-state index contributed by atoms with van der Waals surface area (Å²) in [6.45, 7) is 0. The van der Waals surface area contributed by atoms with Gasteiger partial charge >= 0.3 is 0 Å². The van der Waals surface area contributed by atoms with Crippen molar-refractivity contribution in [1.82, 2.24) is 5.32 Å². The van der Waals surface area contributed by atoms with E-state index in [1.807, 2.05) is 66.7 Å². The average molecular weight is 377 g/mol. The molecule has 1 heterocycles. The third-order valence-electron chi connectivity index (χ3n) is 5.29. The summed E-state index contributed by atoms with van der Waals surface area (Å²) in [6.07, 6.45) is 0.853. The van der Waals surface area contributed by atoms with Crippen molar-refractivity contribution in [1.29, 1.82) is 0 Å². The molecule has 1 aliphatic heterocycles. The molecule has 4 aromatic carbocycles. The zero-order valence-electron chi connectivity index (χ0n) is 15.7. The molecule has 0 amide bonds. The summed E-state index contributed by atoms with van der Waals surface area (Å²) in [5.74, 6) is 1.24. The van der Waals surface area contributed by atoms with Gasteiger partial charge in [-0.3, -0.25) is 4.79 Å². The maximum atomic E-state index is 12.0. The highest BCUT2D eigenvalue weighted by atomic mass is 16.5. The summed E-state index contributed by atoms with van der Waals surface area (Å²) in [5.41, 5.74) is 3.52. The van der Waals surface area contributed by atoms with E-state index in [-0.39, 0.29) is 6.04 Å². The highest BCUT2D eigenvalue weighted by molar-refractivity contribution is 6.07. The van der Waals surface area contributed by atoms with E-state index in [9.17, 15) is 4.79 Å². The molecule has 1 unspecified atom stereocenters. The van der Waals surface area contributed by atoms with Gasteiger partial charge in [-0.1, -0.05) is 91.0 Å². The van der Waals surface area contributed by atoms with Gasteiger partial charge in [-0.05, 0) is 28.0 Å². The lowest BCUT2D eigenvalue weighted by molar-refractivity contribution is -0.103. The molecule has 1 atom stereocenters. The minimum atomic E-state index is -0.125. The number of hydrogen-bond donors (Lipinski definition) is 1. The fourth-order valence-electron chi connectivity index (χ4n) is 3.90. The average Bonchev–Trinajstić information content (AvgIpc) is 2.80. The summed E-state index contributed by atoms with van der Waals surface area (Å²) < 4.78 is 6.24. The van der Waals surface area contributed by atoms with Crippen molar-refractivity contribution in [3.8, 4) is 5.75 Å². The summed E-state index contributed by atoms with van der Waals surface area (Å²) in [6, 6.07) is 32.0. The van der Waals surface area contributed by atoms with Gasteiger partial charge in [-0.25, -0.2) is 0 Å². The highest BCUT2D eigenvalue weighted by Crippen LogP contribution is 2.41. The molecular weight excluding hydrogens is 358 g/mol. The fourth-order valence-corrected chi connectivity index (χ4v) is 3.90. The fraction of sp³-hybridized carbons (Fsp3) is 0.0385. The Hall–Kier alpha value is -3.85. The zero-order valence-corrected chi connectivity index (χ0v) is 15.7. The third kappa shape index (κ3) is 3.07. The van der Waals surface area contributed by atoms with Crippen LogP contribution in [0, 0.1) is 0 Å². The number of carbonyl (C=O) groups excluding carboxylic acids is 1. The van der Waals surface area contributed by atoms with E-state index in [0.29, 0.717) is 11.5 Å². The molecule has 0 aromatic heterocycles.